The number of aliphatic carboxylic acids is 4. The molecule has 0 aliphatic heterocycles. The van der Waals surface area contributed by atoms with Crippen LogP contribution in [0.3, 0.4) is 0 Å². The van der Waals surface area contributed by atoms with E-state index in [9.17, 15) is 24.3 Å². The van der Waals surface area contributed by atoms with Gasteiger partial charge in [-0.3, -0.25) is 4.79 Å². The Morgan fingerprint density at radius 2 is 1.45 bits per heavy atom. The summed E-state index contributed by atoms with van der Waals surface area (Å²) < 4.78 is 0. The number of hydrogen-bond donors (Lipinski definition) is 5. The fraction of sp³-hybridized carbons (Fsp3) is 0.556. The summed E-state index contributed by atoms with van der Waals surface area (Å²) in [6.45, 7) is 1.20. The molecule has 0 radical (unpaired) electrons. The van der Waals surface area contributed by atoms with E-state index in [1.165, 1.54) is 6.92 Å². The van der Waals surface area contributed by atoms with Crippen molar-refractivity contribution in [1.82, 2.24) is 0 Å². The van der Waals surface area contributed by atoms with Gasteiger partial charge < -0.3 is 35.4 Å². The zero-order valence-electron chi connectivity index (χ0n) is 10.8. The van der Waals surface area contributed by atoms with E-state index in [0.717, 1.165) is 0 Å². The average molecular weight is 304 g/mol. The van der Waals surface area contributed by atoms with E-state index in [-0.39, 0.29) is 29.6 Å². The maximum absolute atomic E-state index is 10.3. The van der Waals surface area contributed by atoms with Crippen molar-refractivity contribution >= 4 is 23.9 Å². The molecule has 0 saturated heterocycles. The predicted octanol–water partition coefficient (Wildman–Crippen LogP) is -6.13. The van der Waals surface area contributed by atoms with Gasteiger partial charge in [0.2, 0.25) is 0 Å². The van der Waals surface area contributed by atoms with Gasteiger partial charge in [0.1, 0.15) is 6.10 Å². The van der Waals surface area contributed by atoms with Gasteiger partial charge in [-0.1, -0.05) is 0 Å². The van der Waals surface area contributed by atoms with Crippen LogP contribution in [-0.4, -0.2) is 61.1 Å². The molecule has 0 aliphatic carbocycles. The second-order valence-electron chi connectivity index (χ2n) is 3.47. The van der Waals surface area contributed by atoms with Crippen LogP contribution in [0.1, 0.15) is 19.8 Å². The molecule has 2 atom stereocenters. The molecule has 0 heterocycles. The molecule has 0 aromatic carbocycles. The van der Waals surface area contributed by atoms with Crippen molar-refractivity contribution < 1.29 is 79.4 Å². The van der Waals surface area contributed by atoms with Crippen molar-refractivity contribution in [2.24, 2.45) is 0 Å². The third-order valence-electron chi connectivity index (χ3n) is 1.64. The summed E-state index contributed by atoms with van der Waals surface area (Å²) in [6, 6.07) is 0. The van der Waals surface area contributed by atoms with Crippen LogP contribution in [0.2, 0.25) is 0 Å². The number of carbonyl (C=O) groups excluding carboxylic acids is 1. The van der Waals surface area contributed by atoms with E-state index in [4.69, 9.17) is 25.5 Å². The normalized spacial score (nSPS) is 13.6. The van der Waals surface area contributed by atoms with E-state index in [1.807, 2.05) is 0 Å². The van der Waals surface area contributed by atoms with Crippen LogP contribution >= 0.6 is 0 Å². The van der Waals surface area contributed by atoms with Crippen molar-refractivity contribution in [3.63, 3.8) is 0 Å². The molecule has 0 saturated carbocycles. The molecule has 2 unspecified atom stereocenters. The fourth-order valence-corrected chi connectivity index (χ4v) is 0.703. The van der Waals surface area contributed by atoms with Crippen molar-refractivity contribution in [3.8, 4) is 0 Å². The first-order chi connectivity index (χ1) is 8.42. The molecule has 0 aliphatic rings. The second-order valence-corrected chi connectivity index (χ2v) is 3.47. The number of carboxylic acids is 4. The molecule has 0 spiro atoms. The minimum absolute atomic E-state index is 0. The van der Waals surface area contributed by atoms with Crippen LogP contribution in [0.15, 0.2) is 0 Å². The van der Waals surface area contributed by atoms with E-state index in [0.29, 0.717) is 0 Å². The van der Waals surface area contributed by atoms with Gasteiger partial charge in [-0.05, 0) is 6.92 Å². The summed E-state index contributed by atoms with van der Waals surface area (Å²) >= 11 is 0. The summed E-state index contributed by atoms with van der Waals surface area (Å²) in [4.78, 5) is 39.8. The van der Waals surface area contributed by atoms with Crippen LogP contribution in [0.25, 0.3) is 0 Å². The number of aliphatic hydroxyl groups is 2. The molecular formula is C9H13NaO10. The minimum Gasteiger partial charge on any atom is -0.550 e. The van der Waals surface area contributed by atoms with Crippen LogP contribution in [0.5, 0.6) is 0 Å². The van der Waals surface area contributed by atoms with Gasteiger partial charge in [0.15, 0.2) is 5.60 Å². The monoisotopic (exact) mass is 304 g/mol. The van der Waals surface area contributed by atoms with Crippen LogP contribution in [-0.2, 0) is 19.2 Å². The molecule has 11 heteroatoms. The molecule has 0 aromatic heterocycles. The Kier molecular flexibility index (Phi) is 12.6. The molecule has 0 amide bonds. The van der Waals surface area contributed by atoms with Crippen molar-refractivity contribution in [2.75, 3.05) is 0 Å². The summed E-state index contributed by atoms with van der Waals surface area (Å²) in [5.41, 5.74) is -2.80. The van der Waals surface area contributed by atoms with E-state index in [2.05, 4.69) is 0 Å². The van der Waals surface area contributed by atoms with E-state index in [1.54, 1.807) is 0 Å². The SMILES string of the molecule is CC(O)C(=O)O.O=C([O-])CC(O)(CC(=O)O)C(=O)O.[Na+]. The Morgan fingerprint density at radius 1 is 1.10 bits per heavy atom. The fourth-order valence-electron chi connectivity index (χ4n) is 0.703. The summed E-state index contributed by atoms with van der Waals surface area (Å²) in [7, 11) is 0. The smallest absolute Gasteiger partial charge is 0.550 e. The largest absolute Gasteiger partial charge is 1.00 e. The number of hydrogen-bond acceptors (Lipinski definition) is 7. The van der Waals surface area contributed by atoms with Crippen molar-refractivity contribution in [3.05, 3.63) is 0 Å². The number of carbonyl (C=O) groups is 4. The van der Waals surface area contributed by atoms with E-state index < -0.39 is 48.4 Å². The minimum atomic E-state index is -2.80. The molecule has 0 rings (SSSR count). The molecule has 5 N–H and O–H groups in total. The zero-order chi connectivity index (χ0) is 15.8. The van der Waals surface area contributed by atoms with Gasteiger partial charge >= 0.3 is 47.5 Å². The van der Waals surface area contributed by atoms with E-state index >= 15 is 0 Å². The number of aliphatic hydroxyl groups excluding tert-OH is 1. The molecule has 110 valence electrons. The molecular weight excluding hydrogens is 291 g/mol. The molecule has 20 heavy (non-hydrogen) atoms. The third-order valence-corrected chi connectivity index (χ3v) is 1.64. The predicted molar refractivity (Wildman–Crippen MR) is 53.8 cm³/mol. The number of carboxylic acid groups (broad SMARTS) is 4. The topological polar surface area (TPSA) is 192 Å². The maximum atomic E-state index is 10.3. The first-order valence-electron chi connectivity index (χ1n) is 4.70. The Bertz CT molecular complexity index is 348. The van der Waals surface area contributed by atoms with Crippen LogP contribution < -0.4 is 34.7 Å². The van der Waals surface area contributed by atoms with Crippen LogP contribution in [0, 0.1) is 0 Å². The molecule has 0 fully saturated rings. The third kappa shape index (κ3) is 11.9. The number of rotatable bonds is 6. The van der Waals surface area contributed by atoms with Gasteiger partial charge in [0.05, 0.1) is 6.42 Å². The van der Waals surface area contributed by atoms with Gasteiger partial charge in [-0.2, -0.15) is 0 Å². The van der Waals surface area contributed by atoms with Crippen molar-refractivity contribution in [2.45, 2.75) is 31.5 Å². The summed E-state index contributed by atoms with van der Waals surface area (Å²) in [5.74, 6) is -6.52. The van der Waals surface area contributed by atoms with Crippen molar-refractivity contribution in [1.29, 1.82) is 0 Å². The molecule has 10 nitrogen and oxygen atoms in total. The first-order valence-corrected chi connectivity index (χ1v) is 4.70. The Labute approximate surface area is 134 Å². The quantitative estimate of drug-likeness (QED) is 0.295. The Morgan fingerprint density at radius 3 is 1.60 bits per heavy atom. The molecule has 0 bridgehead atoms. The second kappa shape index (κ2) is 10.6. The molecule has 0 aromatic rings. The van der Waals surface area contributed by atoms with Crippen LogP contribution in [0.4, 0.5) is 0 Å². The van der Waals surface area contributed by atoms with Gasteiger partial charge in [-0.15, -0.1) is 0 Å². The Balaban J connectivity index is -0.000000352. The Hall–Kier alpha value is -1.20. The first kappa shape index (κ1) is 23.9. The van der Waals surface area contributed by atoms with Gasteiger partial charge in [0, 0.05) is 12.4 Å². The summed E-state index contributed by atoms with van der Waals surface area (Å²) in [6.07, 6.45) is -3.67. The van der Waals surface area contributed by atoms with Gasteiger partial charge in [-0.25, -0.2) is 9.59 Å². The maximum Gasteiger partial charge on any atom is 1.00 e. The zero-order valence-corrected chi connectivity index (χ0v) is 12.8. The standard InChI is InChI=1S/C6H8O7.C3H6O3.Na/c7-3(8)1-6(13,5(11)12)2-4(9)10;1-2(4)3(5)6;/h13H,1-2H2,(H,7,8)(H,9,10)(H,11,12);2,4H,1H3,(H,5,6);/q;;+1/p-1. The van der Waals surface area contributed by atoms with Gasteiger partial charge in [0.25, 0.3) is 0 Å². The average Bonchev–Trinajstić information content (AvgIpc) is 2.14. The summed E-state index contributed by atoms with van der Waals surface area (Å²) in [5, 5.41) is 51.3.